The van der Waals surface area contributed by atoms with E-state index in [1.807, 2.05) is 0 Å². The molecule has 6 heteroatoms. The topological polar surface area (TPSA) is 75.7 Å². The van der Waals surface area contributed by atoms with Crippen molar-refractivity contribution >= 4 is 17.9 Å². The number of imide groups is 1. The fourth-order valence-electron chi connectivity index (χ4n) is 5.18. The second-order valence-corrected chi connectivity index (χ2v) is 9.01. The molecule has 25 heavy (non-hydrogen) atoms. The zero-order valence-corrected chi connectivity index (χ0v) is 15.6. The zero-order chi connectivity index (χ0) is 18.2. The Morgan fingerprint density at radius 3 is 2.52 bits per heavy atom. The van der Waals surface area contributed by atoms with E-state index in [-0.39, 0.29) is 24.0 Å². The van der Waals surface area contributed by atoms with E-state index in [1.54, 1.807) is 0 Å². The van der Waals surface area contributed by atoms with Crippen molar-refractivity contribution in [2.75, 3.05) is 6.54 Å². The minimum Gasteiger partial charge on any atom is -0.461 e. The van der Waals surface area contributed by atoms with Gasteiger partial charge in [0.15, 0.2) is 0 Å². The van der Waals surface area contributed by atoms with Gasteiger partial charge in [-0.3, -0.25) is 14.5 Å². The number of rotatable bonds is 3. The quantitative estimate of drug-likeness (QED) is 0.627. The fourth-order valence-corrected chi connectivity index (χ4v) is 5.18. The fraction of sp³-hybridized carbons (Fsp3) is 0.842. The van der Waals surface area contributed by atoms with Crippen molar-refractivity contribution < 1.29 is 19.1 Å². The highest BCUT2D eigenvalue weighted by molar-refractivity contribution is 6.08. The summed E-state index contributed by atoms with van der Waals surface area (Å²) in [4.78, 5) is 38.7. The number of hydrogen-bond acceptors (Lipinski definition) is 4. The average molecular weight is 350 g/mol. The predicted molar refractivity (Wildman–Crippen MR) is 92.7 cm³/mol. The Morgan fingerprint density at radius 1 is 1.20 bits per heavy atom. The van der Waals surface area contributed by atoms with E-state index in [9.17, 15) is 14.4 Å². The Hall–Kier alpha value is -1.59. The number of carbonyl (C=O) groups is 3. The van der Waals surface area contributed by atoms with Crippen molar-refractivity contribution in [3.63, 3.8) is 0 Å². The van der Waals surface area contributed by atoms with Crippen molar-refractivity contribution in [1.29, 1.82) is 0 Å². The number of urea groups is 1. The maximum atomic E-state index is 13.0. The summed E-state index contributed by atoms with van der Waals surface area (Å²) in [5, 5.41) is 2.89. The van der Waals surface area contributed by atoms with E-state index in [0.717, 1.165) is 37.0 Å². The molecule has 0 aromatic carbocycles. The van der Waals surface area contributed by atoms with Crippen molar-refractivity contribution in [2.45, 2.75) is 83.8 Å². The van der Waals surface area contributed by atoms with Crippen LogP contribution in [0.5, 0.6) is 0 Å². The first-order valence-electron chi connectivity index (χ1n) is 9.54. The Morgan fingerprint density at radius 2 is 1.88 bits per heavy atom. The molecule has 3 amide bonds. The molecule has 6 nitrogen and oxygen atoms in total. The number of carbonyl (C=O) groups excluding carboxylic acids is 3. The minimum atomic E-state index is -0.858. The van der Waals surface area contributed by atoms with Gasteiger partial charge in [0.1, 0.15) is 18.2 Å². The van der Waals surface area contributed by atoms with Gasteiger partial charge < -0.3 is 10.1 Å². The second-order valence-electron chi connectivity index (χ2n) is 9.01. The Kier molecular flexibility index (Phi) is 4.82. The van der Waals surface area contributed by atoms with Gasteiger partial charge in [-0.2, -0.15) is 0 Å². The molecule has 0 aromatic heterocycles. The van der Waals surface area contributed by atoms with E-state index in [4.69, 9.17) is 4.74 Å². The molecule has 0 bridgehead atoms. The van der Waals surface area contributed by atoms with E-state index < -0.39 is 17.5 Å². The highest BCUT2D eigenvalue weighted by atomic mass is 16.5. The summed E-state index contributed by atoms with van der Waals surface area (Å²) in [5.74, 6) is -0.393. The average Bonchev–Trinajstić information content (AvgIpc) is 2.70. The van der Waals surface area contributed by atoms with Crippen LogP contribution in [0.2, 0.25) is 0 Å². The van der Waals surface area contributed by atoms with Crippen LogP contribution >= 0.6 is 0 Å². The molecule has 2 atom stereocenters. The van der Waals surface area contributed by atoms with Crippen molar-refractivity contribution in [1.82, 2.24) is 10.2 Å². The van der Waals surface area contributed by atoms with Crippen LogP contribution in [-0.4, -0.2) is 41.0 Å². The van der Waals surface area contributed by atoms with E-state index in [1.165, 1.54) is 6.42 Å². The molecule has 1 saturated heterocycles. The summed E-state index contributed by atoms with van der Waals surface area (Å²) >= 11 is 0. The number of nitrogens with zero attached hydrogens (tertiary/aromatic N) is 1. The molecular weight excluding hydrogens is 320 g/mol. The van der Waals surface area contributed by atoms with Gasteiger partial charge in [0.2, 0.25) is 0 Å². The number of ether oxygens (including phenoxy) is 1. The molecule has 3 rings (SSSR count). The lowest BCUT2D eigenvalue weighted by atomic mass is 9.64. The van der Waals surface area contributed by atoms with Gasteiger partial charge in [0, 0.05) is 0 Å². The number of esters is 1. The molecule has 1 spiro atoms. The zero-order valence-electron chi connectivity index (χ0n) is 15.6. The van der Waals surface area contributed by atoms with Crippen LogP contribution in [0.3, 0.4) is 0 Å². The van der Waals surface area contributed by atoms with Gasteiger partial charge >= 0.3 is 12.0 Å². The van der Waals surface area contributed by atoms with E-state index in [0.29, 0.717) is 18.8 Å². The lowest BCUT2D eigenvalue weighted by molar-refractivity contribution is -0.154. The molecule has 0 aromatic rings. The third kappa shape index (κ3) is 3.82. The highest BCUT2D eigenvalue weighted by Gasteiger charge is 2.56. The van der Waals surface area contributed by atoms with Crippen LogP contribution < -0.4 is 5.32 Å². The van der Waals surface area contributed by atoms with E-state index >= 15 is 0 Å². The smallest absolute Gasteiger partial charge is 0.326 e. The third-order valence-electron chi connectivity index (χ3n) is 5.76. The Bertz CT molecular complexity index is 568. The predicted octanol–water partition coefficient (Wildman–Crippen LogP) is 3.00. The highest BCUT2D eigenvalue weighted by Crippen LogP contribution is 2.46. The molecule has 0 unspecified atom stereocenters. The summed E-state index contributed by atoms with van der Waals surface area (Å²) in [7, 11) is 0. The molecule has 140 valence electrons. The minimum absolute atomic E-state index is 0.0147. The van der Waals surface area contributed by atoms with Crippen LogP contribution in [0.15, 0.2) is 0 Å². The Balaban J connectivity index is 1.66. The summed E-state index contributed by atoms with van der Waals surface area (Å²) in [6.45, 7) is 6.09. The normalized spacial score (nSPS) is 32.8. The maximum Gasteiger partial charge on any atom is 0.326 e. The van der Waals surface area contributed by atoms with Gasteiger partial charge in [-0.1, -0.05) is 27.2 Å². The largest absolute Gasteiger partial charge is 0.461 e. The second kappa shape index (κ2) is 6.61. The number of amides is 3. The van der Waals surface area contributed by atoms with Crippen molar-refractivity contribution in [3.8, 4) is 0 Å². The first-order chi connectivity index (χ1) is 11.7. The van der Waals surface area contributed by atoms with Gasteiger partial charge in [-0.25, -0.2) is 4.79 Å². The lowest BCUT2D eigenvalue weighted by Crippen LogP contribution is -2.54. The summed E-state index contributed by atoms with van der Waals surface area (Å²) in [5.41, 5.74) is -0.872. The van der Waals surface area contributed by atoms with Crippen molar-refractivity contribution in [3.05, 3.63) is 0 Å². The molecule has 3 fully saturated rings. The molecule has 1 heterocycles. The first-order valence-corrected chi connectivity index (χ1v) is 9.54. The van der Waals surface area contributed by atoms with Crippen LogP contribution in [0.1, 0.15) is 72.1 Å². The van der Waals surface area contributed by atoms with Crippen LogP contribution in [0.4, 0.5) is 4.79 Å². The molecule has 0 radical (unpaired) electrons. The van der Waals surface area contributed by atoms with Gasteiger partial charge in [-0.05, 0) is 56.3 Å². The van der Waals surface area contributed by atoms with Crippen LogP contribution in [0, 0.1) is 11.3 Å². The molecule has 2 saturated carbocycles. The molecular formula is C19H30N2O4. The molecule has 1 aliphatic heterocycles. The summed E-state index contributed by atoms with van der Waals surface area (Å²) in [6.07, 6.45) is 7.28. The lowest BCUT2D eigenvalue weighted by Gasteiger charge is -2.43. The maximum absolute atomic E-state index is 13.0. The van der Waals surface area contributed by atoms with Gasteiger partial charge in [0.05, 0.1) is 0 Å². The first kappa shape index (κ1) is 18.2. The monoisotopic (exact) mass is 350 g/mol. The SMILES string of the molecule is C[C@@H]1CC(C)(C)C[C@@]2(C1)NC(=O)N(CC(=O)OC1CCCCC1)C2=O. The number of nitrogens with one attached hydrogen (secondary N) is 1. The van der Waals surface area contributed by atoms with Gasteiger partial charge in [-0.15, -0.1) is 0 Å². The molecule has 1 N–H and O–H groups in total. The summed E-state index contributed by atoms with van der Waals surface area (Å²) in [6, 6.07) is -0.463. The van der Waals surface area contributed by atoms with Crippen molar-refractivity contribution in [2.24, 2.45) is 11.3 Å². The molecule has 2 aliphatic carbocycles. The van der Waals surface area contributed by atoms with Crippen LogP contribution in [0.25, 0.3) is 0 Å². The van der Waals surface area contributed by atoms with Gasteiger partial charge in [0.25, 0.3) is 5.91 Å². The van der Waals surface area contributed by atoms with Crippen LogP contribution in [-0.2, 0) is 14.3 Å². The molecule has 3 aliphatic rings. The Labute approximate surface area is 149 Å². The third-order valence-corrected chi connectivity index (χ3v) is 5.76. The standard InChI is InChI=1S/C19H30N2O4/c1-13-9-18(2,3)12-19(10-13)16(23)21(17(24)20-19)11-15(22)25-14-7-5-4-6-8-14/h13-14H,4-12H2,1-3H3,(H,20,24)/t13-,19-/m1/s1. The summed E-state index contributed by atoms with van der Waals surface area (Å²) < 4.78 is 5.47. The van der Waals surface area contributed by atoms with E-state index in [2.05, 4.69) is 26.1 Å². The number of hydrogen-bond donors (Lipinski definition) is 1.